The average molecular weight is 205 g/mol. The molecule has 0 fully saturated rings. The number of hydrogen-bond acceptors (Lipinski definition) is 1. The van der Waals surface area contributed by atoms with Crippen LogP contribution in [-0.2, 0) is 0 Å². The molecule has 0 aliphatic carbocycles. The number of rotatable bonds is 2. The molecule has 0 saturated carbocycles. The highest BCUT2D eigenvalue weighted by Crippen LogP contribution is 2.24. The van der Waals surface area contributed by atoms with Crippen molar-refractivity contribution in [2.45, 2.75) is 6.92 Å². The zero-order valence-electron chi connectivity index (χ0n) is 8.67. The summed E-state index contributed by atoms with van der Waals surface area (Å²) in [4.78, 5) is 3.08. The Kier molecular flexibility index (Phi) is 2.46. The molecule has 0 amide bonds. The third-order valence-electron chi connectivity index (χ3n) is 2.29. The van der Waals surface area contributed by atoms with Crippen LogP contribution in [0.15, 0.2) is 30.5 Å². The summed E-state index contributed by atoms with van der Waals surface area (Å²) >= 11 is 0. The first-order chi connectivity index (χ1) is 7.20. The fourth-order valence-electron chi connectivity index (χ4n) is 1.50. The maximum Gasteiger partial charge on any atom is 0.165 e. The van der Waals surface area contributed by atoms with Gasteiger partial charge >= 0.3 is 0 Å². The highest BCUT2D eigenvalue weighted by atomic mass is 19.1. The fourth-order valence-corrected chi connectivity index (χ4v) is 1.50. The van der Waals surface area contributed by atoms with Crippen molar-refractivity contribution in [1.29, 1.82) is 0 Å². The van der Waals surface area contributed by atoms with Crippen LogP contribution < -0.4 is 4.74 Å². The molecule has 0 radical (unpaired) electrons. The van der Waals surface area contributed by atoms with E-state index in [-0.39, 0.29) is 11.6 Å². The molecule has 1 N–H and O–H groups in total. The number of aryl methyl sites for hydroxylation is 1. The third kappa shape index (κ3) is 1.86. The van der Waals surface area contributed by atoms with Gasteiger partial charge in [-0.2, -0.15) is 0 Å². The average Bonchev–Trinajstić information content (AvgIpc) is 2.65. The summed E-state index contributed by atoms with van der Waals surface area (Å²) in [5.74, 6) is -0.0794. The Balaban J connectivity index is 2.42. The van der Waals surface area contributed by atoms with E-state index in [0.717, 1.165) is 16.8 Å². The highest BCUT2D eigenvalue weighted by molar-refractivity contribution is 5.61. The molecule has 1 aromatic heterocycles. The van der Waals surface area contributed by atoms with E-state index in [1.165, 1.54) is 13.2 Å². The minimum atomic E-state index is -0.345. The van der Waals surface area contributed by atoms with Crippen LogP contribution in [0, 0.1) is 12.7 Å². The molecule has 1 aromatic carbocycles. The lowest BCUT2D eigenvalue weighted by Crippen LogP contribution is -1.88. The zero-order valence-corrected chi connectivity index (χ0v) is 8.67. The molecular formula is C12H12FNO. The van der Waals surface area contributed by atoms with E-state index < -0.39 is 0 Å². The van der Waals surface area contributed by atoms with Gasteiger partial charge < -0.3 is 9.72 Å². The minimum absolute atomic E-state index is 0.266. The SMILES string of the molecule is COc1ccc(-c2cc(C)c[nH]2)cc1F. The van der Waals surface area contributed by atoms with Crippen molar-refractivity contribution in [2.24, 2.45) is 0 Å². The largest absolute Gasteiger partial charge is 0.494 e. The number of halogens is 1. The van der Waals surface area contributed by atoms with Gasteiger partial charge in [-0.1, -0.05) is 0 Å². The molecule has 0 spiro atoms. The van der Waals surface area contributed by atoms with E-state index in [1.54, 1.807) is 6.07 Å². The Morgan fingerprint density at radius 2 is 2.07 bits per heavy atom. The van der Waals surface area contributed by atoms with Gasteiger partial charge in [0.15, 0.2) is 11.6 Å². The molecule has 78 valence electrons. The van der Waals surface area contributed by atoms with Crippen LogP contribution in [0.1, 0.15) is 5.56 Å². The van der Waals surface area contributed by atoms with Crippen molar-refractivity contribution in [3.8, 4) is 17.0 Å². The third-order valence-corrected chi connectivity index (χ3v) is 2.29. The number of aromatic nitrogens is 1. The summed E-state index contributed by atoms with van der Waals surface area (Å²) in [6.07, 6.45) is 1.89. The number of methoxy groups -OCH3 is 1. The summed E-state index contributed by atoms with van der Waals surface area (Å²) in [6.45, 7) is 1.99. The van der Waals surface area contributed by atoms with Crippen molar-refractivity contribution in [2.75, 3.05) is 7.11 Å². The Morgan fingerprint density at radius 1 is 1.27 bits per heavy atom. The molecule has 3 heteroatoms. The van der Waals surface area contributed by atoms with Gasteiger partial charge in [0.2, 0.25) is 0 Å². The number of hydrogen-bond donors (Lipinski definition) is 1. The monoisotopic (exact) mass is 205 g/mol. The zero-order chi connectivity index (χ0) is 10.8. The topological polar surface area (TPSA) is 25.0 Å². The van der Waals surface area contributed by atoms with Crippen molar-refractivity contribution in [3.05, 3.63) is 41.8 Å². The van der Waals surface area contributed by atoms with Gasteiger partial charge in [-0.3, -0.25) is 0 Å². The first-order valence-corrected chi connectivity index (χ1v) is 4.69. The van der Waals surface area contributed by atoms with E-state index in [9.17, 15) is 4.39 Å². The van der Waals surface area contributed by atoms with Crippen LogP contribution in [0.25, 0.3) is 11.3 Å². The second-order valence-corrected chi connectivity index (χ2v) is 3.44. The van der Waals surface area contributed by atoms with E-state index in [4.69, 9.17) is 4.74 Å². The Labute approximate surface area is 87.7 Å². The molecule has 15 heavy (non-hydrogen) atoms. The lowest BCUT2D eigenvalue weighted by molar-refractivity contribution is 0.386. The van der Waals surface area contributed by atoms with Crippen LogP contribution >= 0.6 is 0 Å². The lowest BCUT2D eigenvalue weighted by Gasteiger charge is -2.03. The Morgan fingerprint density at radius 3 is 2.60 bits per heavy atom. The standard InChI is InChI=1S/C12H12FNO/c1-8-5-11(14-7-8)9-3-4-12(15-2)10(13)6-9/h3-7,14H,1-2H3. The van der Waals surface area contributed by atoms with E-state index in [0.29, 0.717) is 0 Å². The van der Waals surface area contributed by atoms with Gasteiger partial charge in [-0.15, -0.1) is 0 Å². The van der Waals surface area contributed by atoms with Gasteiger partial charge in [-0.05, 0) is 36.8 Å². The first-order valence-electron chi connectivity index (χ1n) is 4.69. The molecule has 2 aromatic rings. The van der Waals surface area contributed by atoms with E-state index >= 15 is 0 Å². The summed E-state index contributed by atoms with van der Waals surface area (Å²) in [5.41, 5.74) is 2.86. The fraction of sp³-hybridized carbons (Fsp3) is 0.167. The molecule has 2 rings (SSSR count). The van der Waals surface area contributed by atoms with Gasteiger partial charge in [0, 0.05) is 17.5 Å². The number of nitrogens with one attached hydrogen (secondary N) is 1. The highest BCUT2D eigenvalue weighted by Gasteiger charge is 2.05. The maximum absolute atomic E-state index is 13.4. The number of H-pyrrole nitrogens is 1. The predicted octanol–water partition coefficient (Wildman–Crippen LogP) is 3.14. The lowest BCUT2D eigenvalue weighted by atomic mass is 10.1. The molecule has 1 heterocycles. The Hall–Kier alpha value is -1.77. The first kappa shape index (κ1) is 9.77. The Bertz CT molecular complexity index is 476. The summed E-state index contributed by atoms with van der Waals surface area (Å²) < 4.78 is 18.3. The molecule has 2 nitrogen and oxygen atoms in total. The van der Waals surface area contributed by atoms with Crippen LogP contribution in [-0.4, -0.2) is 12.1 Å². The van der Waals surface area contributed by atoms with Crippen LogP contribution in [0.4, 0.5) is 4.39 Å². The van der Waals surface area contributed by atoms with Crippen molar-refractivity contribution < 1.29 is 9.13 Å². The van der Waals surface area contributed by atoms with Gasteiger partial charge in [0.1, 0.15) is 0 Å². The van der Waals surface area contributed by atoms with Crippen LogP contribution in [0.2, 0.25) is 0 Å². The normalized spacial score (nSPS) is 10.3. The molecular weight excluding hydrogens is 193 g/mol. The number of ether oxygens (including phenoxy) is 1. The van der Waals surface area contributed by atoms with Crippen molar-refractivity contribution in [3.63, 3.8) is 0 Å². The minimum Gasteiger partial charge on any atom is -0.494 e. The quantitative estimate of drug-likeness (QED) is 0.800. The molecule has 0 aliphatic rings. The molecule has 0 atom stereocenters. The molecule has 0 bridgehead atoms. The van der Waals surface area contributed by atoms with Crippen molar-refractivity contribution >= 4 is 0 Å². The summed E-state index contributed by atoms with van der Waals surface area (Å²) in [6, 6.07) is 6.89. The second kappa shape index (κ2) is 3.77. The smallest absolute Gasteiger partial charge is 0.165 e. The van der Waals surface area contributed by atoms with E-state index in [2.05, 4.69) is 4.98 Å². The molecule has 0 unspecified atom stereocenters. The van der Waals surface area contributed by atoms with Gasteiger partial charge in [-0.25, -0.2) is 4.39 Å². The predicted molar refractivity (Wildman–Crippen MR) is 57.5 cm³/mol. The van der Waals surface area contributed by atoms with E-state index in [1.807, 2.05) is 25.3 Å². The molecule has 0 aliphatic heterocycles. The summed E-state index contributed by atoms with van der Waals surface area (Å²) in [7, 11) is 1.46. The maximum atomic E-state index is 13.4. The number of benzene rings is 1. The molecule has 0 saturated heterocycles. The van der Waals surface area contributed by atoms with Crippen LogP contribution in [0.3, 0.4) is 0 Å². The van der Waals surface area contributed by atoms with Gasteiger partial charge in [0.25, 0.3) is 0 Å². The number of aromatic amines is 1. The van der Waals surface area contributed by atoms with Crippen molar-refractivity contribution in [1.82, 2.24) is 4.98 Å². The van der Waals surface area contributed by atoms with Gasteiger partial charge in [0.05, 0.1) is 7.11 Å². The summed E-state index contributed by atoms with van der Waals surface area (Å²) in [5, 5.41) is 0. The second-order valence-electron chi connectivity index (χ2n) is 3.44. The van der Waals surface area contributed by atoms with Crippen LogP contribution in [0.5, 0.6) is 5.75 Å².